The van der Waals surface area contributed by atoms with Crippen LogP contribution in [-0.2, 0) is 23.7 Å². The van der Waals surface area contributed by atoms with Crippen LogP contribution in [0.15, 0.2) is 0 Å². The average molecular weight is 659 g/mol. The van der Waals surface area contributed by atoms with Crippen molar-refractivity contribution in [2.75, 3.05) is 40.4 Å². The first kappa shape index (κ1) is 34.7. The number of fused-ring (bicyclic) bond motifs is 4. The summed E-state index contributed by atoms with van der Waals surface area (Å²) in [4.78, 5) is 16.6. The number of ether oxygens (including phenoxy) is 4. The maximum Gasteiger partial charge on any atom is 0.239 e. The molecule has 2 aliphatic heterocycles. The van der Waals surface area contributed by atoms with E-state index in [9.17, 15) is 9.90 Å². The number of rotatable bonds is 8. The van der Waals surface area contributed by atoms with E-state index in [0.29, 0.717) is 53.9 Å². The Hall–Kier alpha value is -0.770. The first-order chi connectivity index (χ1) is 22.1. The molecule has 0 aromatic rings. The van der Waals surface area contributed by atoms with Crippen LogP contribution in [0, 0.1) is 45.3 Å². The molecule has 8 unspecified atom stereocenters. The summed E-state index contributed by atoms with van der Waals surface area (Å²) >= 11 is 0. The van der Waals surface area contributed by atoms with Crippen molar-refractivity contribution in [1.82, 2.24) is 9.80 Å². The molecule has 7 rings (SSSR count). The van der Waals surface area contributed by atoms with E-state index >= 15 is 0 Å². The van der Waals surface area contributed by atoms with Crippen molar-refractivity contribution in [3.63, 3.8) is 0 Å². The molecule has 8 nitrogen and oxygen atoms in total. The third-order valence-corrected chi connectivity index (χ3v) is 15.7. The van der Waals surface area contributed by atoms with Crippen LogP contribution < -0.4 is 0 Å². The number of carbonyl (C=O) groups is 1. The molecular formula is C39H66N2O6. The molecule has 1 amide bonds. The Morgan fingerprint density at radius 2 is 1.77 bits per heavy atom. The van der Waals surface area contributed by atoms with Crippen molar-refractivity contribution in [3.8, 4) is 0 Å². The summed E-state index contributed by atoms with van der Waals surface area (Å²) in [5.74, 6) is 3.00. The van der Waals surface area contributed by atoms with Crippen molar-refractivity contribution in [1.29, 1.82) is 0 Å². The maximum absolute atomic E-state index is 12.7. The van der Waals surface area contributed by atoms with Gasteiger partial charge < -0.3 is 29.0 Å². The van der Waals surface area contributed by atoms with Gasteiger partial charge in [-0.05, 0) is 137 Å². The molecule has 1 N–H and O–H groups in total. The molecular weight excluding hydrogens is 592 g/mol. The maximum atomic E-state index is 12.7. The zero-order chi connectivity index (χ0) is 33.7. The molecule has 5 aliphatic carbocycles. The third kappa shape index (κ3) is 5.30. The number of morpholine rings is 1. The Morgan fingerprint density at radius 1 is 1.02 bits per heavy atom. The fourth-order valence-electron chi connectivity index (χ4n) is 13.4. The smallest absolute Gasteiger partial charge is 0.239 e. The minimum absolute atomic E-state index is 0.0232. The number of amides is 1. The van der Waals surface area contributed by atoms with Gasteiger partial charge in [-0.25, -0.2) is 0 Å². The molecule has 47 heavy (non-hydrogen) atoms. The molecule has 0 aromatic heterocycles. The van der Waals surface area contributed by atoms with E-state index in [1.54, 1.807) is 4.90 Å². The lowest BCUT2D eigenvalue weighted by Crippen LogP contribution is -2.57. The molecule has 0 bridgehead atoms. The molecule has 7 fully saturated rings. The number of aliphatic hydroxyl groups is 1. The highest BCUT2D eigenvalue weighted by Crippen LogP contribution is 2.87. The van der Waals surface area contributed by atoms with E-state index in [2.05, 4.69) is 25.7 Å². The number of nitrogens with zero attached hydrogens (tertiary/aromatic N) is 2. The normalized spacial score (nSPS) is 47.0. The van der Waals surface area contributed by atoms with E-state index in [1.807, 2.05) is 41.8 Å². The molecule has 0 aromatic carbocycles. The topological polar surface area (TPSA) is 80.7 Å². The Kier molecular flexibility index (Phi) is 8.78. The predicted molar refractivity (Wildman–Crippen MR) is 182 cm³/mol. The second-order valence-corrected chi connectivity index (χ2v) is 18.7. The summed E-state index contributed by atoms with van der Waals surface area (Å²) in [6, 6.07) is -0.162. The minimum atomic E-state index is -0.910. The Labute approximate surface area is 284 Å². The number of hydrogen-bond acceptors (Lipinski definition) is 7. The Balaban J connectivity index is 1.03. The van der Waals surface area contributed by atoms with Gasteiger partial charge in [-0.3, -0.25) is 9.69 Å². The van der Waals surface area contributed by atoms with Crippen molar-refractivity contribution in [2.45, 2.75) is 155 Å². The van der Waals surface area contributed by atoms with Crippen molar-refractivity contribution in [3.05, 3.63) is 0 Å². The van der Waals surface area contributed by atoms with Crippen LogP contribution in [0.25, 0.3) is 0 Å². The highest BCUT2D eigenvalue weighted by atomic mass is 16.7. The number of likely N-dealkylation sites (N-methyl/N-ethyl adjacent to an activating group) is 1. The number of hydrogen-bond donors (Lipinski definition) is 1. The van der Waals surface area contributed by atoms with Gasteiger partial charge in [-0.1, -0.05) is 20.8 Å². The van der Waals surface area contributed by atoms with Crippen LogP contribution in [0.1, 0.15) is 113 Å². The van der Waals surface area contributed by atoms with Gasteiger partial charge in [-0.2, -0.15) is 0 Å². The summed E-state index contributed by atoms with van der Waals surface area (Å²) < 4.78 is 26.2. The summed E-state index contributed by atoms with van der Waals surface area (Å²) in [6.07, 6.45) is 12.5. The SMILES string of the molecule is CCO[C@@H](C1CCC2C(CC3C4CCC5C(C)(C)[C@@H](OC6CN(C(C)C(=O)N(C)C)CCO6)CC[C@@]56C[C@@]46CC[C@]23C)O1)C(C)(C)O. The Morgan fingerprint density at radius 3 is 2.47 bits per heavy atom. The van der Waals surface area contributed by atoms with Gasteiger partial charge in [0.2, 0.25) is 5.91 Å². The average Bonchev–Trinajstić information content (AvgIpc) is 3.59. The third-order valence-electron chi connectivity index (χ3n) is 15.7. The van der Waals surface area contributed by atoms with Gasteiger partial charge >= 0.3 is 0 Å². The van der Waals surface area contributed by atoms with Crippen LogP contribution in [0.5, 0.6) is 0 Å². The summed E-state index contributed by atoms with van der Waals surface area (Å²) in [5.41, 5.74) is 0.507. The van der Waals surface area contributed by atoms with Crippen molar-refractivity contribution >= 4 is 5.91 Å². The molecule has 2 spiro atoms. The van der Waals surface area contributed by atoms with E-state index in [1.165, 1.54) is 51.4 Å². The van der Waals surface area contributed by atoms with E-state index < -0.39 is 5.60 Å². The zero-order valence-electron chi connectivity index (χ0n) is 31.1. The lowest BCUT2D eigenvalue weighted by Gasteiger charge is -2.60. The summed E-state index contributed by atoms with van der Waals surface area (Å²) in [7, 11) is 3.67. The molecule has 2 heterocycles. The van der Waals surface area contributed by atoms with E-state index in [0.717, 1.165) is 31.2 Å². The van der Waals surface area contributed by atoms with Gasteiger partial charge in [0.1, 0.15) is 6.10 Å². The molecule has 2 saturated heterocycles. The highest BCUT2D eigenvalue weighted by molar-refractivity contribution is 5.80. The van der Waals surface area contributed by atoms with E-state index in [-0.39, 0.29) is 42.0 Å². The molecule has 268 valence electrons. The van der Waals surface area contributed by atoms with E-state index in [4.69, 9.17) is 18.9 Å². The van der Waals surface area contributed by atoms with Crippen LogP contribution >= 0.6 is 0 Å². The Bertz CT molecular complexity index is 1190. The monoisotopic (exact) mass is 658 g/mol. The molecule has 13 atom stereocenters. The predicted octanol–water partition coefficient (Wildman–Crippen LogP) is 5.89. The van der Waals surface area contributed by atoms with Gasteiger partial charge in [0.25, 0.3) is 0 Å². The second-order valence-electron chi connectivity index (χ2n) is 18.7. The first-order valence-electron chi connectivity index (χ1n) is 19.3. The fraction of sp³-hybridized carbons (Fsp3) is 0.974. The standard InChI is InChI=1S/C39H66N2O6/c1-10-44-33(36(5,6)43)28-13-11-26-29(46-28)21-27-25-12-14-30-35(3,4)31(15-16-39(30)23-38(25,39)18-17-37(26,27)7)47-32-22-41(19-20-45-32)24(2)34(42)40(8)9/h24-33,43H,10-23H2,1-9H3/t24?,25?,26?,27?,28?,29?,30?,31-,32?,33-,37+,38-,39+/m0/s1. The molecule has 8 heteroatoms. The van der Waals surface area contributed by atoms with Crippen LogP contribution in [0.4, 0.5) is 0 Å². The minimum Gasteiger partial charge on any atom is -0.388 e. The molecule has 5 saturated carbocycles. The fourth-order valence-corrected chi connectivity index (χ4v) is 13.4. The van der Waals surface area contributed by atoms with Crippen LogP contribution in [0.2, 0.25) is 0 Å². The zero-order valence-corrected chi connectivity index (χ0v) is 31.1. The van der Waals surface area contributed by atoms with Gasteiger partial charge in [0, 0.05) is 27.2 Å². The van der Waals surface area contributed by atoms with Gasteiger partial charge in [-0.15, -0.1) is 0 Å². The summed E-state index contributed by atoms with van der Waals surface area (Å²) in [6.45, 7) is 18.0. The van der Waals surface area contributed by atoms with Crippen molar-refractivity contribution in [2.24, 2.45) is 45.3 Å². The first-order valence-corrected chi connectivity index (χ1v) is 19.3. The van der Waals surface area contributed by atoms with Gasteiger partial charge in [0.05, 0.1) is 43.1 Å². The van der Waals surface area contributed by atoms with Crippen molar-refractivity contribution < 1.29 is 28.8 Å². The van der Waals surface area contributed by atoms with Crippen LogP contribution in [0.3, 0.4) is 0 Å². The largest absolute Gasteiger partial charge is 0.388 e. The number of carbonyl (C=O) groups excluding carboxylic acids is 1. The van der Waals surface area contributed by atoms with Crippen LogP contribution in [-0.4, -0.2) is 104 Å². The second kappa shape index (κ2) is 11.9. The quantitative estimate of drug-likeness (QED) is 0.349. The molecule has 7 aliphatic rings. The molecule has 0 radical (unpaired) electrons. The lowest BCUT2D eigenvalue weighted by molar-refractivity contribution is -0.247. The van der Waals surface area contributed by atoms with Gasteiger partial charge in [0.15, 0.2) is 6.29 Å². The lowest BCUT2D eigenvalue weighted by atomic mass is 9.46. The highest BCUT2D eigenvalue weighted by Gasteiger charge is 2.80. The summed E-state index contributed by atoms with van der Waals surface area (Å²) in [5, 5.41) is 10.9.